The van der Waals surface area contributed by atoms with Crippen LogP contribution in [0.1, 0.15) is 33.3 Å². The van der Waals surface area contributed by atoms with Crippen LogP contribution in [0.15, 0.2) is 36.4 Å². The predicted octanol–water partition coefficient (Wildman–Crippen LogP) is 4.19. The lowest BCUT2D eigenvalue weighted by Gasteiger charge is -2.29. The standard InChI is InChI=1S/C18H26N2/c1-13(2)18(3,4)12-20-11-16-9-14-7-5-6-8-15(14)10-17(16)19/h5-10,13,20H,11-12,19H2,1-4H3. The fourth-order valence-corrected chi connectivity index (χ4v) is 2.18. The quantitative estimate of drug-likeness (QED) is 0.799. The van der Waals surface area contributed by atoms with Crippen LogP contribution < -0.4 is 11.1 Å². The molecule has 2 aromatic carbocycles. The summed E-state index contributed by atoms with van der Waals surface area (Å²) in [6, 6.07) is 12.6. The molecule has 0 aliphatic rings. The maximum absolute atomic E-state index is 6.16. The number of anilines is 1. The van der Waals surface area contributed by atoms with Gasteiger partial charge in [-0.2, -0.15) is 0 Å². The van der Waals surface area contributed by atoms with Gasteiger partial charge in [-0.3, -0.25) is 0 Å². The maximum atomic E-state index is 6.16. The van der Waals surface area contributed by atoms with Crippen LogP contribution in [0.5, 0.6) is 0 Å². The second-order valence-corrected chi connectivity index (χ2v) is 6.65. The summed E-state index contributed by atoms with van der Waals surface area (Å²) < 4.78 is 0. The van der Waals surface area contributed by atoms with Crippen LogP contribution in [0.4, 0.5) is 5.69 Å². The van der Waals surface area contributed by atoms with Gasteiger partial charge in [-0.1, -0.05) is 52.0 Å². The molecule has 0 aromatic heterocycles. The topological polar surface area (TPSA) is 38.0 Å². The van der Waals surface area contributed by atoms with Crippen LogP contribution in [0, 0.1) is 11.3 Å². The third-order valence-corrected chi connectivity index (χ3v) is 4.47. The van der Waals surface area contributed by atoms with Crippen LogP contribution in [0.25, 0.3) is 10.8 Å². The highest BCUT2D eigenvalue weighted by Gasteiger charge is 2.21. The molecule has 0 aliphatic heterocycles. The van der Waals surface area contributed by atoms with Gasteiger partial charge in [0.05, 0.1) is 0 Å². The number of hydrogen-bond acceptors (Lipinski definition) is 2. The second kappa shape index (κ2) is 5.84. The van der Waals surface area contributed by atoms with E-state index in [0.717, 1.165) is 18.8 Å². The number of nitrogens with one attached hydrogen (secondary N) is 1. The van der Waals surface area contributed by atoms with Crippen LogP contribution in [-0.2, 0) is 6.54 Å². The van der Waals surface area contributed by atoms with Crippen molar-refractivity contribution in [2.24, 2.45) is 11.3 Å². The number of nitrogen functional groups attached to an aromatic ring is 1. The minimum atomic E-state index is 0.297. The Morgan fingerprint density at radius 2 is 1.70 bits per heavy atom. The molecule has 2 heteroatoms. The van der Waals surface area contributed by atoms with E-state index in [2.05, 4.69) is 63.3 Å². The second-order valence-electron chi connectivity index (χ2n) is 6.65. The molecule has 0 spiro atoms. The Bertz CT molecular complexity index is 585. The zero-order chi connectivity index (χ0) is 14.8. The lowest BCUT2D eigenvalue weighted by Crippen LogP contribution is -2.33. The average Bonchev–Trinajstić information content (AvgIpc) is 2.39. The van der Waals surface area contributed by atoms with Crippen LogP contribution in [0.3, 0.4) is 0 Å². The Hall–Kier alpha value is -1.54. The van der Waals surface area contributed by atoms with E-state index in [9.17, 15) is 0 Å². The summed E-state index contributed by atoms with van der Waals surface area (Å²) in [5, 5.41) is 6.01. The molecule has 0 amide bonds. The third-order valence-electron chi connectivity index (χ3n) is 4.47. The van der Waals surface area contributed by atoms with Crippen molar-refractivity contribution in [1.82, 2.24) is 5.32 Å². The highest BCUT2D eigenvalue weighted by Crippen LogP contribution is 2.26. The third kappa shape index (κ3) is 3.31. The highest BCUT2D eigenvalue weighted by atomic mass is 14.9. The van der Waals surface area contributed by atoms with Gasteiger partial charge in [-0.05, 0) is 39.8 Å². The number of fused-ring (bicyclic) bond motifs is 1. The summed E-state index contributed by atoms with van der Waals surface area (Å²) in [7, 11) is 0. The average molecular weight is 270 g/mol. The van der Waals surface area contributed by atoms with E-state index >= 15 is 0 Å². The Morgan fingerprint density at radius 1 is 1.10 bits per heavy atom. The molecule has 20 heavy (non-hydrogen) atoms. The maximum Gasteiger partial charge on any atom is 0.0366 e. The van der Waals surface area contributed by atoms with E-state index in [4.69, 9.17) is 5.73 Å². The Balaban J connectivity index is 2.08. The molecule has 0 saturated carbocycles. The first kappa shape index (κ1) is 14.9. The summed E-state index contributed by atoms with van der Waals surface area (Å²) >= 11 is 0. The number of benzene rings is 2. The molecular weight excluding hydrogens is 244 g/mol. The normalized spacial score (nSPS) is 12.2. The van der Waals surface area contributed by atoms with Crippen molar-refractivity contribution in [3.05, 3.63) is 42.0 Å². The molecule has 0 saturated heterocycles. The Labute approximate surface area is 122 Å². The van der Waals surface area contributed by atoms with Crippen molar-refractivity contribution in [2.75, 3.05) is 12.3 Å². The van der Waals surface area contributed by atoms with E-state index in [1.165, 1.54) is 16.3 Å². The molecule has 0 aliphatic carbocycles. The van der Waals surface area contributed by atoms with Crippen molar-refractivity contribution in [1.29, 1.82) is 0 Å². The number of hydrogen-bond donors (Lipinski definition) is 2. The van der Waals surface area contributed by atoms with Gasteiger partial charge in [0.2, 0.25) is 0 Å². The lowest BCUT2D eigenvalue weighted by molar-refractivity contribution is 0.238. The first-order valence-corrected chi connectivity index (χ1v) is 7.38. The minimum Gasteiger partial charge on any atom is -0.398 e. The largest absolute Gasteiger partial charge is 0.398 e. The van der Waals surface area contributed by atoms with Gasteiger partial charge >= 0.3 is 0 Å². The molecular formula is C18H26N2. The lowest BCUT2D eigenvalue weighted by atomic mass is 9.81. The van der Waals surface area contributed by atoms with E-state index in [0.29, 0.717) is 11.3 Å². The van der Waals surface area contributed by atoms with Gasteiger partial charge in [-0.25, -0.2) is 0 Å². The van der Waals surface area contributed by atoms with Crippen molar-refractivity contribution < 1.29 is 0 Å². The number of nitrogens with two attached hydrogens (primary N) is 1. The van der Waals surface area contributed by atoms with Crippen molar-refractivity contribution >= 4 is 16.5 Å². The fourth-order valence-electron chi connectivity index (χ4n) is 2.18. The molecule has 108 valence electrons. The van der Waals surface area contributed by atoms with Gasteiger partial charge in [0.1, 0.15) is 0 Å². The number of rotatable bonds is 5. The summed E-state index contributed by atoms with van der Waals surface area (Å²) in [6.45, 7) is 11.0. The Kier molecular flexibility index (Phi) is 4.34. The van der Waals surface area contributed by atoms with Crippen molar-refractivity contribution in [3.63, 3.8) is 0 Å². The van der Waals surface area contributed by atoms with E-state index < -0.39 is 0 Å². The Morgan fingerprint density at radius 3 is 2.30 bits per heavy atom. The first-order chi connectivity index (χ1) is 9.40. The molecule has 2 rings (SSSR count). The van der Waals surface area contributed by atoms with Gasteiger partial charge in [0.15, 0.2) is 0 Å². The van der Waals surface area contributed by atoms with Crippen LogP contribution >= 0.6 is 0 Å². The van der Waals surface area contributed by atoms with Gasteiger partial charge in [0.25, 0.3) is 0 Å². The highest BCUT2D eigenvalue weighted by molar-refractivity contribution is 5.86. The minimum absolute atomic E-state index is 0.297. The van der Waals surface area contributed by atoms with Crippen molar-refractivity contribution in [2.45, 2.75) is 34.2 Å². The molecule has 0 radical (unpaired) electrons. The smallest absolute Gasteiger partial charge is 0.0366 e. The molecule has 0 atom stereocenters. The van der Waals surface area contributed by atoms with E-state index in [1.54, 1.807) is 0 Å². The monoisotopic (exact) mass is 270 g/mol. The molecule has 0 bridgehead atoms. The predicted molar refractivity (Wildman–Crippen MR) is 88.7 cm³/mol. The van der Waals surface area contributed by atoms with E-state index in [1.807, 2.05) is 6.07 Å². The van der Waals surface area contributed by atoms with Gasteiger partial charge in [0, 0.05) is 18.8 Å². The first-order valence-electron chi connectivity index (χ1n) is 7.38. The fraction of sp³-hybridized carbons (Fsp3) is 0.444. The van der Waals surface area contributed by atoms with Crippen LogP contribution in [-0.4, -0.2) is 6.54 Å². The van der Waals surface area contributed by atoms with E-state index in [-0.39, 0.29) is 0 Å². The summed E-state index contributed by atoms with van der Waals surface area (Å²) in [5.41, 5.74) is 8.51. The molecule has 2 nitrogen and oxygen atoms in total. The summed E-state index contributed by atoms with van der Waals surface area (Å²) in [4.78, 5) is 0. The van der Waals surface area contributed by atoms with Gasteiger partial charge in [-0.15, -0.1) is 0 Å². The molecule has 0 heterocycles. The summed E-state index contributed by atoms with van der Waals surface area (Å²) in [5.74, 6) is 0.656. The van der Waals surface area contributed by atoms with Crippen molar-refractivity contribution in [3.8, 4) is 0 Å². The molecule has 3 N–H and O–H groups in total. The molecule has 0 unspecified atom stereocenters. The zero-order valence-electron chi connectivity index (χ0n) is 13.0. The summed E-state index contributed by atoms with van der Waals surface area (Å²) in [6.07, 6.45) is 0. The van der Waals surface area contributed by atoms with Crippen LogP contribution in [0.2, 0.25) is 0 Å². The zero-order valence-corrected chi connectivity index (χ0v) is 13.0. The molecule has 2 aromatic rings. The van der Waals surface area contributed by atoms with Gasteiger partial charge < -0.3 is 11.1 Å². The molecule has 0 fully saturated rings. The SMILES string of the molecule is CC(C)C(C)(C)CNCc1cc2ccccc2cc1N.